The molecule has 0 aliphatic rings. The summed E-state index contributed by atoms with van der Waals surface area (Å²) in [4.78, 5) is 16.7. The molecule has 0 radical (unpaired) electrons. The van der Waals surface area contributed by atoms with Crippen LogP contribution in [0.3, 0.4) is 0 Å². The minimum absolute atomic E-state index is 0.750. The Bertz CT molecular complexity index is 97.0. The normalized spacial score (nSPS) is 3.11. The van der Waals surface area contributed by atoms with Gasteiger partial charge < -0.3 is 5.73 Å². The fourth-order valence-electron chi connectivity index (χ4n) is 0. The summed E-state index contributed by atoms with van der Waals surface area (Å²) in [6.07, 6.45) is 2.25. The Morgan fingerprint density at radius 1 is 1.22 bits per heavy atom. The van der Waals surface area contributed by atoms with Gasteiger partial charge in [0.1, 0.15) is 0 Å². The van der Waals surface area contributed by atoms with Gasteiger partial charge in [-0.1, -0.05) is 0 Å². The van der Waals surface area contributed by atoms with Crippen molar-refractivity contribution in [3.05, 3.63) is 0 Å². The Balaban J connectivity index is -0.0000000600. The second kappa shape index (κ2) is 113. The lowest BCUT2D eigenvalue weighted by molar-refractivity contribution is 0.562. The number of carbonyl (C=O) groups excluding carboxylic acids is 2. The first-order valence-corrected chi connectivity index (χ1v) is 1.53. The molecule has 0 aromatic carbocycles. The highest BCUT2D eigenvalue weighted by Crippen LogP contribution is 0.880. The lowest BCUT2D eigenvalue weighted by atomic mass is 11.4. The first-order valence-electron chi connectivity index (χ1n) is 1.53. The minimum atomic E-state index is 0.750. The van der Waals surface area contributed by atoms with E-state index in [9.17, 15) is 0 Å². The molecule has 6 nitrogen and oxygen atoms in total. The Labute approximate surface area is 51.2 Å². The molecule has 0 unspecified atom stereocenters. The Morgan fingerprint density at radius 2 is 1.22 bits per heavy atom. The molecule has 0 aromatic heterocycles. The van der Waals surface area contributed by atoms with Gasteiger partial charge in [-0.2, -0.15) is 0 Å². The third-order valence-corrected chi connectivity index (χ3v) is 0. The van der Waals surface area contributed by atoms with Gasteiger partial charge in [0.15, 0.2) is 0 Å². The van der Waals surface area contributed by atoms with Crippen LogP contribution < -0.4 is 5.73 Å². The van der Waals surface area contributed by atoms with Crippen molar-refractivity contribution in [2.45, 2.75) is 0 Å². The molecule has 0 spiro atoms. The van der Waals surface area contributed by atoms with Crippen LogP contribution in [0.4, 0.5) is 0 Å². The highest BCUT2D eigenvalue weighted by atomic mass is 16.1. The molecule has 0 aliphatic carbocycles. The van der Waals surface area contributed by atoms with Crippen molar-refractivity contribution >= 4 is 18.5 Å². The number of rotatable bonds is 0. The van der Waals surface area contributed by atoms with Crippen molar-refractivity contribution in [3.8, 4) is 0 Å². The van der Waals surface area contributed by atoms with Crippen molar-refractivity contribution in [2.24, 2.45) is 5.73 Å². The van der Waals surface area contributed by atoms with Gasteiger partial charge in [0, 0.05) is 0 Å². The maximum Gasteiger partial charge on any atom is 0.231 e. The molecule has 9 heavy (non-hydrogen) atoms. The monoisotopic (exact) mass is 130 g/mol. The summed E-state index contributed by atoms with van der Waals surface area (Å²) in [5.41, 5.74) is 4.39. The molecular formula is C3H6N4O2. The van der Waals surface area contributed by atoms with Crippen LogP contribution in [0.2, 0.25) is 0 Å². The van der Waals surface area contributed by atoms with E-state index in [1.807, 2.05) is 0 Å². The van der Waals surface area contributed by atoms with Crippen molar-refractivity contribution in [3.63, 3.8) is 0 Å². The van der Waals surface area contributed by atoms with Gasteiger partial charge in [-0.25, -0.2) is 20.4 Å². The van der Waals surface area contributed by atoms with Crippen molar-refractivity contribution < 1.29 is 9.59 Å². The SMILES string of the molecule is N=C=O.N=C=O.N=CN. The topological polar surface area (TPSA) is 132 Å². The Hall–Kier alpha value is -1.77. The van der Waals surface area contributed by atoms with Gasteiger partial charge in [0.2, 0.25) is 12.2 Å². The summed E-state index contributed by atoms with van der Waals surface area (Å²) in [6, 6.07) is 0. The van der Waals surface area contributed by atoms with Gasteiger partial charge in [-0.15, -0.1) is 0 Å². The molecule has 5 N–H and O–H groups in total. The number of hydrogen-bond acceptors (Lipinski definition) is 5. The van der Waals surface area contributed by atoms with E-state index in [0.717, 1.165) is 18.5 Å². The van der Waals surface area contributed by atoms with Gasteiger partial charge in [-0.05, 0) is 0 Å². The summed E-state index contributed by atoms with van der Waals surface area (Å²) in [5, 5.41) is 16.7. The fraction of sp³-hybridized carbons (Fsp3) is 0. The highest BCUT2D eigenvalue weighted by Gasteiger charge is 1.10. The van der Waals surface area contributed by atoms with E-state index in [1.54, 1.807) is 0 Å². The molecule has 6 heteroatoms. The molecule has 0 amide bonds. The predicted octanol–water partition coefficient (Wildman–Crippen LogP) is -0.646. The first-order chi connectivity index (χ1) is 4.24. The summed E-state index contributed by atoms with van der Waals surface area (Å²) < 4.78 is 0. The van der Waals surface area contributed by atoms with Gasteiger partial charge in [0.05, 0.1) is 6.34 Å². The molecule has 0 rings (SSSR count). The van der Waals surface area contributed by atoms with E-state index in [1.165, 1.54) is 0 Å². The second-order valence-corrected chi connectivity index (χ2v) is 0.371. The standard InChI is InChI=1S/CH4N2.2CHNO/c3*2-1-3/h1H,(H3,2,3);2*2H. The maximum absolute atomic E-state index is 8.35. The number of nitrogens with one attached hydrogen (secondary N) is 3. The Kier molecular flexibility index (Phi) is 196. The zero-order chi connectivity index (χ0) is 8.12. The molecule has 50 valence electrons. The Morgan fingerprint density at radius 3 is 1.22 bits per heavy atom. The van der Waals surface area contributed by atoms with Crippen LogP contribution in [0.25, 0.3) is 0 Å². The van der Waals surface area contributed by atoms with Gasteiger partial charge in [-0.3, -0.25) is 5.41 Å². The molecule has 0 heterocycles. The average Bonchev–Trinajstić information content (AvgIpc) is 1.70. The first kappa shape index (κ1) is 15.7. The van der Waals surface area contributed by atoms with Gasteiger partial charge in [0.25, 0.3) is 0 Å². The zero-order valence-electron chi connectivity index (χ0n) is 4.47. The smallest absolute Gasteiger partial charge is 0.231 e. The number of hydrogen-bond donors (Lipinski definition) is 4. The highest BCUT2D eigenvalue weighted by molar-refractivity contribution is 5.46. The van der Waals surface area contributed by atoms with Crippen LogP contribution in [0.1, 0.15) is 0 Å². The lowest BCUT2D eigenvalue weighted by Gasteiger charge is -1.38. The van der Waals surface area contributed by atoms with E-state index < -0.39 is 0 Å². The molecule has 0 fully saturated rings. The molecular weight excluding hydrogens is 124 g/mol. The van der Waals surface area contributed by atoms with Crippen LogP contribution in [-0.4, -0.2) is 18.5 Å². The molecule has 0 atom stereocenters. The zero-order valence-corrected chi connectivity index (χ0v) is 4.47. The van der Waals surface area contributed by atoms with E-state index in [-0.39, 0.29) is 0 Å². The number of isocyanates is 2. The van der Waals surface area contributed by atoms with E-state index in [4.69, 9.17) is 25.8 Å². The van der Waals surface area contributed by atoms with E-state index in [0.29, 0.717) is 0 Å². The van der Waals surface area contributed by atoms with Crippen LogP contribution in [0.5, 0.6) is 0 Å². The molecule has 0 aliphatic heterocycles. The van der Waals surface area contributed by atoms with Crippen LogP contribution in [0, 0.1) is 16.2 Å². The third-order valence-electron chi connectivity index (χ3n) is 0. The second-order valence-electron chi connectivity index (χ2n) is 0.371. The summed E-state index contributed by atoms with van der Waals surface area (Å²) in [6.45, 7) is 0. The minimum Gasteiger partial charge on any atom is -0.390 e. The summed E-state index contributed by atoms with van der Waals surface area (Å²) in [7, 11) is 0. The summed E-state index contributed by atoms with van der Waals surface area (Å²) in [5.74, 6) is 0. The van der Waals surface area contributed by atoms with Gasteiger partial charge >= 0.3 is 0 Å². The third kappa shape index (κ3) is 35.6. The van der Waals surface area contributed by atoms with Crippen molar-refractivity contribution in [1.82, 2.24) is 0 Å². The van der Waals surface area contributed by atoms with Crippen LogP contribution in [0.15, 0.2) is 0 Å². The van der Waals surface area contributed by atoms with Crippen molar-refractivity contribution in [2.75, 3.05) is 0 Å². The average molecular weight is 130 g/mol. The molecule has 0 saturated carbocycles. The van der Waals surface area contributed by atoms with E-state index >= 15 is 0 Å². The van der Waals surface area contributed by atoms with Crippen molar-refractivity contribution in [1.29, 1.82) is 16.2 Å². The molecule has 0 bridgehead atoms. The predicted molar refractivity (Wildman–Crippen MR) is 29.8 cm³/mol. The quantitative estimate of drug-likeness (QED) is 0.197. The molecule has 0 aromatic rings. The lowest BCUT2D eigenvalue weighted by Crippen LogP contribution is -1.81. The van der Waals surface area contributed by atoms with Crippen LogP contribution >= 0.6 is 0 Å². The molecule has 0 saturated heterocycles. The van der Waals surface area contributed by atoms with E-state index in [2.05, 4.69) is 5.73 Å². The van der Waals surface area contributed by atoms with Crippen LogP contribution in [-0.2, 0) is 9.59 Å². The fourth-order valence-corrected chi connectivity index (χ4v) is 0. The number of nitrogens with two attached hydrogens (primary N) is 1. The maximum atomic E-state index is 8.35. The largest absolute Gasteiger partial charge is 0.390 e. The summed E-state index contributed by atoms with van der Waals surface area (Å²) >= 11 is 0.